The highest BCUT2D eigenvalue weighted by atomic mass is 127. The number of carbonyl (C=O) groups is 2. The molecule has 0 aromatic rings. The minimum atomic E-state index is -0.413. The average Bonchev–Trinajstić information content (AvgIpc) is 2.82. The molecule has 0 unspecified atom stereocenters. The second-order valence-corrected chi connectivity index (χ2v) is 9.68. The van der Waals surface area contributed by atoms with Crippen LogP contribution in [0, 0.1) is 5.92 Å². The topological polar surface area (TPSA) is 52.6 Å². The van der Waals surface area contributed by atoms with E-state index in [0.29, 0.717) is 13.0 Å². The summed E-state index contributed by atoms with van der Waals surface area (Å²) in [6.07, 6.45) is 11.8. The molecule has 0 saturated heterocycles. The summed E-state index contributed by atoms with van der Waals surface area (Å²) >= 11 is 2.24. The molecule has 0 aliphatic heterocycles. The highest BCUT2D eigenvalue weighted by Crippen LogP contribution is 2.33. The van der Waals surface area contributed by atoms with E-state index in [1.165, 1.54) is 25.7 Å². The molecule has 0 aromatic carbocycles. The fraction of sp³-hybridized carbons (Fsp3) is 0.818. The molecule has 156 valence electrons. The lowest BCUT2D eigenvalue weighted by Gasteiger charge is -2.21. The summed E-state index contributed by atoms with van der Waals surface area (Å²) in [5, 5.41) is 0. The van der Waals surface area contributed by atoms with Crippen molar-refractivity contribution in [2.75, 3.05) is 6.61 Å². The number of carbonyl (C=O) groups excluding carboxylic acids is 2. The Kier molecular flexibility index (Phi) is 11.8. The third-order valence-electron chi connectivity index (χ3n) is 4.64. The van der Waals surface area contributed by atoms with Crippen LogP contribution in [0.2, 0.25) is 0 Å². The van der Waals surface area contributed by atoms with Crippen LogP contribution in [-0.2, 0) is 19.1 Å². The Morgan fingerprint density at radius 2 is 1.74 bits per heavy atom. The Morgan fingerprint density at radius 1 is 1.07 bits per heavy atom. The molecule has 0 bridgehead atoms. The van der Waals surface area contributed by atoms with Crippen molar-refractivity contribution in [3.05, 3.63) is 9.66 Å². The smallest absolute Gasteiger partial charge is 0.306 e. The molecule has 0 heterocycles. The van der Waals surface area contributed by atoms with E-state index in [1.54, 1.807) is 6.08 Å². The lowest BCUT2D eigenvalue weighted by Crippen LogP contribution is -2.25. The summed E-state index contributed by atoms with van der Waals surface area (Å²) in [5.74, 6) is 0.0931. The number of esters is 1. The van der Waals surface area contributed by atoms with Crippen LogP contribution >= 0.6 is 22.6 Å². The van der Waals surface area contributed by atoms with E-state index in [1.807, 2.05) is 20.8 Å². The maximum absolute atomic E-state index is 12.2. The molecule has 2 atom stereocenters. The first-order valence-electron chi connectivity index (χ1n) is 10.5. The summed E-state index contributed by atoms with van der Waals surface area (Å²) in [6.45, 7) is 8.51. The van der Waals surface area contributed by atoms with Gasteiger partial charge in [0.1, 0.15) is 5.60 Å². The zero-order valence-corrected chi connectivity index (χ0v) is 19.7. The Hall–Kier alpha value is -0.430. The minimum Gasteiger partial charge on any atom is -0.460 e. The summed E-state index contributed by atoms with van der Waals surface area (Å²) in [4.78, 5) is 23.9. The second kappa shape index (κ2) is 12.9. The molecule has 0 N–H and O–H groups in total. The molecule has 0 saturated carbocycles. The fourth-order valence-electron chi connectivity index (χ4n) is 3.27. The van der Waals surface area contributed by atoms with Crippen molar-refractivity contribution < 1.29 is 19.1 Å². The van der Waals surface area contributed by atoms with Crippen LogP contribution < -0.4 is 0 Å². The van der Waals surface area contributed by atoms with Gasteiger partial charge in [0.25, 0.3) is 0 Å². The summed E-state index contributed by atoms with van der Waals surface area (Å²) in [7, 11) is 0. The Bertz CT molecular complexity index is 493. The predicted molar refractivity (Wildman–Crippen MR) is 118 cm³/mol. The number of unbranched alkanes of at least 4 members (excludes halogenated alkanes) is 6. The quantitative estimate of drug-likeness (QED) is 0.176. The lowest BCUT2D eigenvalue weighted by molar-refractivity contribution is -0.155. The molecule has 0 amide bonds. The van der Waals surface area contributed by atoms with Crippen molar-refractivity contribution in [2.24, 2.45) is 5.92 Å². The highest BCUT2D eigenvalue weighted by molar-refractivity contribution is 14.1. The largest absolute Gasteiger partial charge is 0.460 e. The van der Waals surface area contributed by atoms with Gasteiger partial charge in [-0.05, 0) is 68.7 Å². The Labute approximate surface area is 179 Å². The van der Waals surface area contributed by atoms with Gasteiger partial charge in [-0.3, -0.25) is 9.59 Å². The number of hydrogen-bond donors (Lipinski definition) is 0. The van der Waals surface area contributed by atoms with Crippen molar-refractivity contribution in [2.45, 2.75) is 104 Å². The van der Waals surface area contributed by atoms with Crippen LogP contribution in [-0.4, -0.2) is 30.1 Å². The van der Waals surface area contributed by atoms with Gasteiger partial charge in [-0.25, -0.2) is 0 Å². The van der Waals surface area contributed by atoms with E-state index in [9.17, 15) is 9.59 Å². The molecule has 5 heteroatoms. The predicted octanol–water partition coefficient (Wildman–Crippen LogP) is 6.15. The maximum atomic E-state index is 12.2. The number of rotatable bonds is 13. The summed E-state index contributed by atoms with van der Waals surface area (Å²) in [5.41, 5.74) is -0.413. The van der Waals surface area contributed by atoms with E-state index < -0.39 is 5.60 Å². The van der Waals surface area contributed by atoms with Gasteiger partial charge in [0.2, 0.25) is 0 Å². The van der Waals surface area contributed by atoms with Gasteiger partial charge in [-0.1, -0.05) is 45.4 Å². The first-order chi connectivity index (χ1) is 12.7. The molecule has 0 fully saturated rings. The van der Waals surface area contributed by atoms with Gasteiger partial charge >= 0.3 is 5.97 Å². The molecule has 27 heavy (non-hydrogen) atoms. The minimum absolute atomic E-state index is 0.000268. The van der Waals surface area contributed by atoms with Gasteiger partial charge in [0, 0.05) is 16.6 Å². The van der Waals surface area contributed by atoms with Crippen LogP contribution in [0.5, 0.6) is 0 Å². The second-order valence-electron chi connectivity index (χ2n) is 8.43. The number of halogens is 1. The monoisotopic (exact) mass is 492 g/mol. The first-order valence-corrected chi connectivity index (χ1v) is 11.6. The van der Waals surface area contributed by atoms with E-state index >= 15 is 0 Å². The van der Waals surface area contributed by atoms with Crippen molar-refractivity contribution >= 4 is 34.3 Å². The van der Waals surface area contributed by atoms with Gasteiger partial charge in [-0.15, -0.1) is 0 Å². The molecule has 0 spiro atoms. The van der Waals surface area contributed by atoms with Crippen molar-refractivity contribution in [1.29, 1.82) is 0 Å². The van der Waals surface area contributed by atoms with E-state index in [4.69, 9.17) is 9.47 Å². The first kappa shape index (κ1) is 24.6. The van der Waals surface area contributed by atoms with Crippen molar-refractivity contribution in [3.8, 4) is 0 Å². The van der Waals surface area contributed by atoms with E-state index in [2.05, 4.69) is 29.5 Å². The number of ketones is 1. The van der Waals surface area contributed by atoms with Crippen LogP contribution in [0.4, 0.5) is 0 Å². The molecular weight excluding hydrogens is 455 g/mol. The summed E-state index contributed by atoms with van der Waals surface area (Å²) in [6, 6.07) is 0. The third kappa shape index (κ3) is 10.6. The highest BCUT2D eigenvalue weighted by Gasteiger charge is 2.35. The Balaban J connectivity index is 2.22. The Morgan fingerprint density at radius 3 is 2.41 bits per heavy atom. The molecule has 1 aliphatic carbocycles. The average molecular weight is 492 g/mol. The fourth-order valence-corrected chi connectivity index (χ4v) is 4.20. The van der Waals surface area contributed by atoms with Crippen LogP contribution in [0.25, 0.3) is 0 Å². The zero-order chi connectivity index (χ0) is 20.3. The maximum Gasteiger partial charge on any atom is 0.306 e. The standard InChI is InChI=1S/C22H37IO4/c1-5-6-7-8-10-13-17-19(24)16-18(23)21(17)26-15-12-9-11-14-20(25)27-22(2,3)4/h16-17,21H,5-15H2,1-4H3/t17-,21+/m0/s1. The van der Waals surface area contributed by atoms with Crippen LogP contribution in [0.15, 0.2) is 9.66 Å². The SMILES string of the molecule is CCCCCCC[C@H]1C(=O)C=C(I)[C@@H]1OCCCCCC(=O)OC(C)(C)C. The molecular formula is C22H37IO4. The van der Waals surface area contributed by atoms with Gasteiger partial charge in [-0.2, -0.15) is 0 Å². The molecule has 4 nitrogen and oxygen atoms in total. The third-order valence-corrected chi connectivity index (χ3v) is 5.57. The molecule has 0 aromatic heterocycles. The van der Waals surface area contributed by atoms with Gasteiger partial charge in [0.05, 0.1) is 12.0 Å². The molecule has 1 aliphatic rings. The number of hydrogen-bond acceptors (Lipinski definition) is 4. The number of allylic oxidation sites excluding steroid dienone is 1. The normalized spacial score (nSPS) is 20.0. The van der Waals surface area contributed by atoms with Crippen molar-refractivity contribution in [1.82, 2.24) is 0 Å². The van der Waals surface area contributed by atoms with Crippen molar-refractivity contribution in [3.63, 3.8) is 0 Å². The van der Waals surface area contributed by atoms with Gasteiger partial charge in [0.15, 0.2) is 5.78 Å². The van der Waals surface area contributed by atoms with Crippen LogP contribution in [0.1, 0.15) is 91.9 Å². The van der Waals surface area contributed by atoms with E-state index in [0.717, 1.165) is 35.7 Å². The molecule has 0 radical (unpaired) electrons. The lowest BCUT2D eigenvalue weighted by atomic mass is 9.95. The van der Waals surface area contributed by atoms with Crippen LogP contribution in [0.3, 0.4) is 0 Å². The summed E-state index contributed by atoms with van der Waals surface area (Å²) < 4.78 is 12.4. The number of ether oxygens (including phenoxy) is 2. The zero-order valence-electron chi connectivity index (χ0n) is 17.5. The molecule has 1 rings (SSSR count). The van der Waals surface area contributed by atoms with E-state index in [-0.39, 0.29) is 23.8 Å². The van der Waals surface area contributed by atoms with Gasteiger partial charge < -0.3 is 9.47 Å².